The van der Waals surface area contributed by atoms with E-state index in [0.29, 0.717) is 0 Å². The second-order valence-electron chi connectivity index (χ2n) is 3.66. The molecule has 88 valence electrons. The van der Waals surface area contributed by atoms with E-state index in [1.807, 2.05) is 6.92 Å². The molecule has 0 aliphatic carbocycles. The Labute approximate surface area is 94.6 Å². The second-order valence-corrected chi connectivity index (χ2v) is 3.66. The van der Waals surface area contributed by atoms with Crippen LogP contribution in [0.1, 0.15) is 25.5 Å². The highest BCUT2D eigenvalue weighted by molar-refractivity contribution is 5.80. The van der Waals surface area contributed by atoms with Gasteiger partial charge < -0.3 is 10.1 Å². The molecule has 0 aliphatic rings. The molecule has 0 fully saturated rings. The lowest BCUT2D eigenvalue weighted by Crippen LogP contribution is -2.35. The molecular formula is C12H16FNO2. The third-order valence-corrected chi connectivity index (χ3v) is 2.45. The summed E-state index contributed by atoms with van der Waals surface area (Å²) in [4.78, 5) is 11.5. The number of carbonyl (C=O) groups excluding carboxylic acids is 1. The summed E-state index contributed by atoms with van der Waals surface area (Å²) < 4.78 is 17.6. The maximum absolute atomic E-state index is 12.7. The monoisotopic (exact) mass is 225 g/mol. The number of nitrogens with one attached hydrogen (secondary N) is 1. The zero-order chi connectivity index (χ0) is 12.1. The first-order valence-corrected chi connectivity index (χ1v) is 5.13. The van der Waals surface area contributed by atoms with E-state index >= 15 is 0 Å². The molecule has 0 radical (unpaired) electrons. The summed E-state index contributed by atoms with van der Waals surface area (Å²) in [6.07, 6.45) is -0.483. The van der Waals surface area contributed by atoms with E-state index in [1.54, 1.807) is 19.1 Å². The number of methoxy groups -OCH3 is 1. The fraction of sp³-hybridized carbons (Fsp3) is 0.417. The Morgan fingerprint density at radius 1 is 1.31 bits per heavy atom. The number of hydrogen-bond donors (Lipinski definition) is 1. The lowest BCUT2D eigenvalue weighted by molar-refractivity contribution is -0.130. The summed E-state index contributed by atoms with van der Waals surface area (Å²) in [6, 6.07) is 5.89. The van der Waals surface area contributed by atoms with Gasteiger partial charge in [0.05, 0.1) is 6.04 Å². The van der Waals surface area contributed by atoms with Crippen molar-refractivity contribution in [1.82, 2.24) is 5.32 Å². The standard InChI is InChI=1S/C12H16FNO2/c1-8(14-12(15)9(2)16-3)10-4-6-11(13)7-5-10/h4-9H,1-3H3,(H,14,15)/t8-,9?/m0/s1. The minimum atomic E-state index is -0.483. The molecule has 1 rings (SSSR count). The van der Waals surface area contributed by atoms with Gasteiger partial charge in [-0.15, -0.1) is 0 Å². The van der Waals surface area contributed by atoms with Crippen molar-refractivity contribution in [2.24, 2.45) is 0 Å². The lowest BCUT2D eigenvalue weighted by Gasteiger charge is -2.17. The first-order valence-electron chi connectivity index (χ1n) is 5.13. The number of rotatable bonds is 4. The number of ether oxygens (including phenoxy) is 1. The van der Waals surface area contributed by atoms with Crippen LogP contribution in [0.25, 0.3) is 0 Å². The second kappa shape index (κ2) is 5.61. The van der Waals surface area contributed by atoms with Gasteiger partial charge in [-0.1, -0.05) is 12.1 Å². The van der Waals surface area contributed by atoms with Crippen LogP contribution in [0, 0.1) is 5.82 Å². The van der Waals surface area contributed by atoms with Crippen molar-refractivity contribution >= 4 is 5.91 Å². The largest absolute Gasteiger partial charge is 0.372 e. The van der Waals surface area contributed by atoms with Crippen LogP contribution in [0.3, 0.4) is 0 Å². The minimum Gasteiger partial charge on any atom is -0.372 e. The Balaban J connectivity index is 2.62. The van der Waals surface area contributed by atoms with Gasteiger partial charge >= 0.3 is 0 Å². The summed E-state index contributed by atoms with van der Waals surface area (Å²) in [6.45, 7) is 3.51. The zero-order valence-corrected chi connectivity index (χ0v) is 9.66. The number of carbonyl (C=O) groups is 1. The van der Waals surface area contributed by atoms with E-state index in [0.717, 1.165) is 5.56 Å². The molecule has 0 aromatic heterocycles. The van der Waals surface area contributed by atoms with Gasteiger partial charge in [-0.25, -0.2) is 4.39 Å². The highest BCUT2D eigenvalue weighted by atomic mass is 19.1. The Hall–Kier alpha value is -1.42. The normalized spacial score (nSPS) is 14.2. The highest BCUT2D eigenvalue weighted by Crippen LogP contribution is 2.12. The lowest BCUT2D eigenvalue weighted by atomic mass is 10.1. The van der Waals surface area contributed by atoms with Gasteiger partial charge in [-0.2, -0.15) is 0 Å². The highest BCUT2D eigenvalue weighted by Gasteiger charge is 2.15. The Morgan fingerprint density at radius 2 is 1.88 bits per heavy atom. The van der Waals surface area contributed by atoms with Gasteiger partial charge in [0.1, 0.15) is 11.9 Å². The Kier molecular flexibility index (Phi) is 4.43. The molecule has 1 aromatic rings. The predicted octanol–water partition coefficient (Wildman–Crippen LogP) is 2.04. The molecule has 4 heteroatoms. The minimum absolute atomic E-state index is 0.161. The smallest absolute Gasteiger partial charge is 0.249 e. The number of halogens is 1. The molecule has 1 unspecified atom stereocenters. The van der Waals surface area contributed by atoms with Gasteiger partial charge in [0.25, 0.3) is 0 Å². The molecular weight excluding hydrogens is 209 g/mol. The summed E-state index contributed by atoms with van der Waals surface area (Å²) in [5, 5.41) is 2.78. The first kappa shape index (κ1) is 12.6. The van der Waals surface area contributed by atoms with Crippen LogP contribution >= 0.6 is 0 Å². The maximum atomic E-state index is 12.7. The van der Waals surface area contributed by atoms with Crippen molar-refractivity contribution in [3.63, 3.8) is 0 Å². The molecule has 2 atom stereocenters. The SMILES string of the molecule is COC(C)C(=O)N[C@@H](C)c1ccc(F)cc1. The number of amides is 1. The molecule has 16 heavy (non-hydrogen) atoms. The van der Waals surface area contributed by atoms with Crippen LogP contribution in [0.5, 0.6) is 0 Å². The third-order valence-electron chi connectivity index (χ3n) is 2.45. The molecule has 0 saturated carbocycles. The van der Waals surface area contributed by atoms with E-state index in [-0.39, 0.29) is 17.8 Å². The van der Waals surface area contributed by atoms with Crippen molar-refractivity contribution in [2.45, 2.75) is 26.0 Å². The molecule has 1 N–H and O–H groups in total. The molecule has 0 saturated heterocycles. The fourth-order valence-corrected chi connectivity index (χ4v) is 1.27. The Bertz CT molecular complexity index is 351. The first-order chi connectivity index (χ1) is 7.54. The molecule has 1 aromatic carbocycles. The van der Waals surface area contributed by atoms with Crippen LogP contribution in [0.4, 0.5) is 4.39 Å². The van der Waals surface area contributed by atoms with Crippen LogP contribution in [0.2, 0.25) is 0 Å². The summed E-state index contributed by atoms with van der Waals surface area (Å²) in [5.74, 6) is -0.466. The molecule has 3 nitrogen and oxygen atoms in total. The van der Waals surface area contributed by atoms with E-state index in [1.165, 1.54) is 19.2 Å². The third kappa shape index (κ3) is 3.31. The average Bonchev–Trinajstić information content (AvgIpc) is 2.28. The van der Waals surface area contributed by atoms with Gasteiger partial charge in [0.15, 0.2) is 0 Å². The molecule has 1 amide bonds. The summed E-state index contributed by atoms with van der Waals surface area (Å²) in [5.41, 5.74) is 0.859. The maximum Gasteiger partial charge on any atom is 0.249 e. The number of hydrogen-bond acceptors (Lipinski definition) is 2. The van der Waals surface area contributed by atoms with Crippen LogP contribution in [-0.4, -0.2) is 19.1 Å². The van der Waals surface area contributed by atoms with Crippen molar-refractivity contribution in [3.8, 4) is 0 Å². The number of benzene rings is 1. The van der Waals surface area contributed by atoms with Crippen molar-refractivity contribution in [1.29, 1.82) is 0 Å². The molecule has 0 spiro atoms. The summed E-state index contributed by atoms with van der Waals surface area (Å²) in [7, 11) is 1.48. The van der Waals surface area contributed by atoms with Gasteiger partial charge in [-0.3, -0.25) is 4.79 Å². The quantitative estimate of drug-likeness (QED) is 0.851. The van der Waals surface area contributed by atoms with Gasteiger partial charge in [0, 0.05) is 7.11 Å². The zero-order valence-electron chi connectivity index (χ0n) is 9.66. The van der Waals surface area contributed by atoms with Gasteiger partial charge in [0.2, 0.25) is 5.91 Å². The van der Waals surface area contributed by atoms with Gasteiger partial charge in [-0.05, 0) is 31.5 Å². The summed E-state index contributed by atoms with van der Waals surface area (Å²) >= 11 is 0. The average molecular weight is 225 g/mol. The van der Waals surface area contributed by atoms with Crippen LogP contribution < -0.4 is 5.32 Å². The Morgan fingerprint density at radius 3 is 2.38 bits per heavy atom. The van der Waals surface area contributed by atoms with Crippen LogP contribution in [0.15, 0.2) is 24.3 Å². The van der Waals surface area contributed by atoms with E-state index in [9.17, 15) is 9.18 Å². The van der Waals surface area contributed by atoms with E-state index < -0.39 is 6.10 Å². The van der Waals surface area contributed by atoms with Crippen molar-refractivity contribution in [3.05, 3.63) is 35.6 Å². The predicted molar refractivity (Wildman–Crippen MR) is 59.4 cm³/mol. The molecule has 0 heterocycles. The van der Waals surface area contributed by atoms with Crippen molar-refractivity contribution < 1.29 is 13.9 Å². The molecule has 0 aliphatic heterocycles. The van der Waals surface area contributed by atoms with Crippen LogP contribution in [-0.2, 0) is 9.53 Å². The van der Waals surface area contributed by atoms with Crippen molar-refractivity contribution in [2.75, 3.05) is 7.11 Å². The van der Waals surface area contributed by atoms with E-state index in [2.05, 4.69) is 5.32 Å². The molecule has 0 bridgehead atoms. The topological polar surface area (TPSA) is 38.3 Å². The fourth-order valence-electron chi connectivity index (χ4n) is 1.27. The van der Waals surface area contributed by atoms with E-state index in [4.69, 9.17) is 4.74 Å².